The Labute approximate surface area is 179 Å². The second-order valence-electron chi connectivity index (χ2n) is 7.94. The molecule has 3 rings (SSSR count). The first-order valence-corrected chi connectivity index (χ1v) is 9.07. The number of halogens is 2. The van der Waals surface area contributed by atoms with Gasteiger partial charge in [0.15, 0.2) is 18.9 Å². The molecule has 1 aromatic carbocycles. The summed E-state index contributed by atoms with van der Waals surface area (Å²) in [6, 6.07) is 13.3. The number of aromatic nitrogens is 1. The van der Waals surface area contributed by atoms with Crippen LogP contribution in [0.25, 0.3) is 6.08 Å². The summed E-state index contributed by atoms with van der Waals surface area (Å²) in [7, 11) is 6.76. The van der Waals surface area contributed by atoms with E-state index in [0.29, 0.717) is 5.92 Å². The van der Waals surface area contributed by atoms with Crippen LogP contribution in [0.5, 0.6) is 0 Å². The zero-order chi connectivity index (χ0) is 17.0. The van der Waals surface area contributed by atoms with Gasteiger partial charge < -0.3 is 38.4 Å². The molecule has 0 saturated carbocycles. The summed E-state index contributed by atoms with van der Waals surface area (Å²) in [5.74, 6) is 0.582. The molecule has 1 aromatic heterocycles. The van der Waals surface area contributed by atoms with Crippen molar-refractivity contribution >= 4 is 6.08 Å². The molecule has 26 heavy (non-hydrogen) atoms. The van der Waals surface area contributed by atoms with E-state index in [2.05, 4.69) is 86.7 Å². The Balaban J connectivity index is 0.00000169. The first-order chi connectivity index (χ1) is 11.5. The minimum absolute atomic E-state index is 0. The third-order valence-electron chi connectivity index (χ3n) is 4.85. The summed E-state index contributed by atoms with van der Waals surface area (Å²) in [5.41, 5.74) is 4.32. The second-order valence-corrected chi connectivity index (χ2v) is 7.94. The lowest BCUT2D eigenvalue weighted by Crippen LogP contribution is -3.00. The standard InChI is InChI=1S/C22H30N2.2BrH/c1-24(2,3)18-6-15-23-16-13-19(14-17-23)9-10-21-12-11-20-7-4-5-8-22(20)21;;/h4-5,7-8,11-14,16-17,21H,6,9-10,15,18H2,1-3H3;2*1H/q+2;;/p-2. The molecule has 0 saturated heterocycles. The van der Waals surface area contributed by atoms with Gasteiger partial charge in [-0.2, -0.15) is 0 Å². The van der Waals surface area contributed by atoms with E-state index in [1.54, 1.807) is 0 Å². The monoisotopic (exact) mass is 480 g/mol. The van der Waals surface area contributed by atoms with E-state index in [-0.39, 0.29) is 34.0 Å². The van der Waals surface area contributed by atoms with Gasteiger partial charge in [-0.15, -0.1) is 0 Å². The van der Waals surface area contributed by atoms with Crippen molar-refractivity contribution in [3.8, 4) is 0 Å². The lowest BCUT2D eigenvalue weighted by Gasteiger charge is -2.22. The van der Waals surface area contributed by atoms with Gasteiger partial charge in [0.1, 0.15) is 0 Å². The molecule has 142 valence electrons. The van der Waals surface area contributed by atoms with Crippen LogP contribution in [0.2, 0.25) is 0 Å². The average Bonchev–Trinajstić information content (AvgIpc) is 2.96. The highest BCUT2D eigenvalue weighted by Crippen LogP contribution is 2.32. The van der Waals surface area contributed by atoms with Gasteiger partial charge >= 0.3 is 0 Å². The molecule has 1 unspecified atom stereocenters. The summed E-state index contributed by atoms with van der Waals surface area (Å²) < 4.78 is 3.35. The quantitative estimate of drug-likeness (QED) is 0.313. The van der Waals surface area contributed by atoms with Gasteiger partial charge in [0.05, 0.1) is 34.1 Å². The number of allylic oxidation sites excluding steroid dienone is 1. The molecule has 1 heterocycles. The number of pyridine rings is 1. The number of aryl methyl sites for hydroxylation is 2. The summed E-state index contributed by atoms with van der Waals surface area (Å²) in [6.45, 7) is 2.32. The number of hydrogen-bond donors (Lipinski definition) is 0. The Bertz CT molecular complexity index is 703. The lowest BCUT2D eigenvalue weighted by molar-refractivity contribution is -0.873. The van der Waals surface area contributed by atoms with E-state index in [1.807, 2.05) is 0 Å². The molecule has 0 bridgehead atoms. The smallest absolute Gasteiger partial charge is 0.169 e. The summed E-state index contributed by atoms with van der Waals surface area (Å²) in [5, 5.41) is 0. The maximum Gasteiger partial charge on any atom is 0.169 e. The van der Waals surface area contributed by atoms with Crippen molar-refractivity contribution in [1.82, 2.24) is 0 Å². The summed E-state index contributed by atoms with van der Waals surface area (Å²) in [4.78, 5) is 0. The van der Waals surface area contributed by atoms with E-state index >= 15 is 0 Å². The van der Waals surface area contributed by atoms with Gasteiger partial charge in [0, 0.05) is 18.1 Å². The van der Waals surface area contributed by atoms with Gasteiger partial charge in [-0.1, -0.05) is 36.4 Å². The predicted octanol–water partition coefficient (Wildman–Crippen LogP) is -2.18. The van der Waals surface area contributed by atoms with Crippen LogP contribution >= 0.6 is 0 Å². The van der Waals surface area contributed by atoms with Crippen molar-refractivity contribution in [2.24, 2.45) is 0 Å². The lowest BCUT2D eigenvalue weighted by atomic mass is 9.94. The van der Waals surface area contributed by atoms with E-state index in [9.17, 15) is 0 Å². The zero-order valence-electron chi connectivity index (χ0n) is 16.0. The number of nitrogens with zero attached hydrogens (tertiary/aromatic N) is 2. The topological polar surface area (TPSA) is 3.88 Å². The Morgan fingerprint density at radius 3 is 2.35 bits per heavy atom. The minimum Gasteiger partial charge on any atom is -1.00 e. The van der Waals surface area contributed by atoms with Crippen molar-refractivity contribution in [3.05, 3.63) is 71.6 Å². The third kappa shape index (κ3) is 6.64. The Kier molecular flexibility index (Phi) is 9.22. The number of rotatable bonds is 7. The zero-order valence-corrected chi connectivity index (χ0v) is 19.2. The van der Waals surface area contributed by atoms with Crippen LogP contribution in [0.1, 0.15) is 35.4 Å². The third-order valence-corrected chi connectivity index (χ3v) is 4.85. The predicted molar refractivity (Wildman–Crippen MR) is 101 cm³/mol. The van der Waals surface area contributed by atoms with Crippen LogP contribution in [-0.4, -0.2) is 32.2 Å². The molecule has 2 nitrogen and oxygen atoms in total. The van der Waals surface area contributed by atoms with Crippen LogP contribution in [-0.2, 0) is 13.0 Å². The molecule has 1 aliphatic rings. The van der Waals surface area contributed by atoms with Crippen LogP contribution < -0.4 is 38.5 Å². The highest BCUT2D eigenvalue weighted by Gasteiger charge is 2.16. The molecule has 1 aliphatic carbocycles. The second kappa shape index (κ2) is 10.4. The molecule has 0 aliphatic heterocycles. The fraction of sp³-hybridized carbons (Fsp3) is 0.409. The fourth-order valence-corrected chi connectivity index (χ4v) is 3.43. The van der Waals surface area contributed by atoms with Crippen molar-refractivity contribution in [2.45, 2.75) is 31.7 Å². The van der Waals surface area contributed by atoms with Crippen LogP contribution in [0.15, 0.2) is 54.9 Å². The van der Waals surface area contributed by atoms with Crippen LogP contribution in [0.4, 0.5) is 0 Å². The molecule has 4 heteroatoms. The maximum atomic E-state index is 2.36. The normalized spacial score (nSPS) is 15.1. The van der Waals surface area contributed by atoms with Crippen LogP contribution in [0.3, 0.4) is 0 Å². The fourth-order valence-electron chi connectivity index (χ4n) is 3.43. The molecule has 1 atom stereocenters. The average molecular weight is 482 g/mol. The van der Waals surface area contributed by atoms with Crippen molar-refractivity contribution in [2.75, 3.05) is 27.7 Å². The maximum absolute atomic E-state index is 2.36. The van der Waals surface area contributed by atoms with Gasteiger partial charge in [-0.05, 0) is 29.5 Å². The van der Waals surface area contributed by atoms with E-state index in [1.165, 1.54) is 36.1 Å². The summed E-state index contributed by atoms with van der Waals surface area (Å²) >= 11 is 0. The number of hydrogen-bond acceptors (Lipinski definition) is 0. The molecule has 0 radical (unpaired) electrons. The molecule has 2 aromatic rings. The van der Waals surface area contributed by atoms with Gasteiger partial charge in [-0.3, -0.25) is 0 Å². The first-order valence-electron chi connectivity index (χ1n) is 9.07. The molecule has 0 N–H and O–H groups in total. The Morgan fingerprint density at radius 1 is 0.962 bits per heavy atom. The highest BCUT2D eigenvalue weighted by atomic mass is 79.9. The highest BCUT2D eigenvalue weighted by molar-refractivity contribution is 5.62. The number of fused-ring (bicyclic) bond motifs is 1. The first kappa shape index (κ1) is 23.1. The molecular formula is C22H30Br2N2. The van der Waals surface area contributed by atoms with Gasteiger partial charge in [-0.25, -0.2) is 4.57 Å². The molecular weight excluding hydrogens is 452 g/mol. The molecule has 0 fully saturated rings. The SMILES string of the molecule is C[N+](C)(C)CCC[n+]1ccc(CCC2C=Cc3ccccc32)cc1.[Br-].[Br-]. The van der Waals surface area contributed by atoms with E-state index in [0.717, 1.165) is 17.4 Å². The summed E-state index contributed by atoms with van der Waals surface area (Å²) in [6.07, 6.45) is 12.7. The van der Waals surface area contributed by atoms with Gasteiger partial charge in [0.25, 0.3) is 0 Å². The minimum atomic E-state index is 0. The number of benzene rings is 1. The molecule has 0 spiro atoms. The van der Waals surface area contributed by atoms with Crippen molar-refractivity contribution in [1.29, 1.82) is 0 Å². The number of quaternary nitrogens is 1. The largest absolute Gasteiger partial charge is 1.00 e. The van der Waals surface area contributed by atoms with E-state index in [4.69, 9.17) is 0 Å². The van der Waals surface area contributed by atoms with Crippen molar-refractivity contribution in [3.63, 3.8) is 0 Å². The van der Waals surface area contributed by atoms with E-state index < -0.39 is 0 Å². The Hall–Kier alpha value is -0.970. The van der Waals surface area contributed by atoms with Crippen molar-refractivity contribution < 1.29 is 43.0 Å². The van der Waals surface area contributed by atoms with Crippen LogP contribution in [0, 0.1) is 0 Å². The Morgan fingerprint density at radius 2 is 1.65 bits per heavy atom. The van der Waals surface area contributed by atoms with Gasteiger partial charge in [0.2, 0.25) is 0 Å². The molecule has 0 amide bonds.